The van der Waals surface area contributed by atoms with Crippen LogP contribution in [0.3, 0.4) is 0 Å². The second-order valence-corrected chi connectivity index (χ2v) is 7.21. The number of halogens is 2. The fourth-order valence-corrected chi connectivity index (χ4v) is 3.76. The number of benzene rings is 1. The van der Waals surface area contributed by atoms with Gasteiger partial charge in [0, 0.05) is 22.3 Å². The van der Waals surface area contributed by atoms with Crippen LogP contribution in [0.5, 0.6) is 0 Å². The number of carbonyl (C=O) groups is 1. The number of rotatable bonds is 10. The van der Waals surface area contributed by atoms with Crippen molar-refractivity contribution in [3.63, 3.8) is 0 Å². The molecule has 1 N–H and O–H groups in total. The summed E-state index contributed by atoms with van der Waals surface area (Å²) in [6.45, 7) is 5.16. The normalized spacial score (nSPS) is 12.2. The number of carbonyl (C=O) groups excluding carboxylic acids is 1. The second kappa shape index (κ2) is 11.2. The van der Waals surface area contributed by atoms with Crippen LogP contribution in [0.15, 0.2) is 18.2 Å². The van der Waals surface area contributed by atoms with Crippen molar-refractivity contribution in [2.24, 2.45) is 5.92 Å². The van der Waals surface area contributed by atoms with Gasteiger partial charge in [-0.2, -0.15) is 0 Å². The number of hydrogen-bond acceptors (Lipinski definition) is 2. The minimum Gasteiger partial charge on any atom is -0.355 e. The summed E-state index contributed by atoms with van der Waals surface area (Å²) < 4.78 is 0. The first-order valence-corrected chi connectivity index (χ1v) is 9.76. The minimum atomic E-state index is 0.0862. The zero-order valence-corrected chi connectivity index (χ0v) is 15.7. The fraction of sp³-hybridized carbons (Fsp3) is 0.588. The van der Waals surface area contributed by atoms with E-state index in [2.05, 4.69) is 19.2 Å². The number of amides is 1. The molecule has 0 saturated carbocycles. The predicted molar refractivity (Wildman–Crippen MR) is 98.9 cm³/mol. The smallest absolute Gasteiger partial charge is 0.230 e. The van der Waals surface area contributed by atoms with E-state index in [1.165, 1.54) is 31.0 Å². The summed E-state index contributed by atoms with van der Waals surface area (Å²) in [4.78, 5) is 11.9. The lowest BCUT2D eigenvalue weighted by Gasteiger charge is -2.15. The molecule has 22 heavy (non-hydrogen) atoms. The van der Waals surface area contributed by atoms with Gasteiger partial charge in [-0.1, -0.05) is 62.4 Å². The highest BCUT2D eigenvalue weighted by molar-refractivity contribution is 7.99. The van der Waals surface area contributed by atoms with Gasteiger partial charge in [0.1, 0.15) is 0 Å². The van der Waals surface area contributed by atoms with E-state index >= 15 is 0 Å². The van der Waals surface area contributed by atoms with Gasteiger partial charge >= 0.3 is 0 Å². The maximum atomic E-state index is 11.9. The molecule has 0 heterocycles. The molecule has 1 aromatic rings. The third-order valence-electron chi connectivity index (χ3n) is 3.67. The van der Waals surface area contributed by atoms with Gasteiger partial charge in [-0.3, -0.25) is 4.79 Å². The van der Waals surface area contributed by atoms with E-state index in [4.69, 9.17) is 23.2 Å². The molecule has 1 aromatic carbocycles. The van der Waals surface area contributed by atoms with Gasteiger partial charge < -0.3 is 5.32 Å². The van der Waals surface area contributed by atoms with Crippen LogP contribution in [0.1, 0.15) is 45.1 Å². The quantitative estimate of drug-likeness (QED) is 0.590. The Hall–Kier alpha value is -0.380. The first-order valence-electron chi connectivity index (χ1n) is 7.85. The van der Waals surface area contributed by atoms with Crippen molar-refractivity contribution in [1.29, 1.82) is 0 Å². The first kappa shape index (κ1) is 19.7. The van der Waals surface area contributed by atoms with Crippen LogP contribution in [0.4, 0.5) is 0 Å². The largest absolute Gasteiger partial charge is 0.355 e. The van der Waals surface area contributed by atoms with E-state index in [1.807, 2.05) is 18.2 Å². The lowest BCUT2D eigenvalue weighted by molar-refractivity contribution is -0.118. The van der Waals surface area contributed by atoms with Crippen molar-refractivity contribution >= 4 is 40.9 Å². The third-order valence-corrected chi connectivity index (χ3v) is 5.34. The topological polar surface area (TPSA) is 29.1 Å². The maximum absolute atomic E-state index is 11.9. The Kier molecular flexibility index (Phi) is 10.0. The van der Waals surface area contributed by atoms with Crippen LogP contribution in [-0.2, 0) is 10.5 Å². The molecule has 0 aliphatic rings. The van der Waals surface area contributed by atoms with Crippen molar-refractivity contribution < 1.29 is 4.79 Å². The Morgan fingerprint density at radius 2 is 1.95 bits per heavy atom. The van der Waals surface area contributed by atoms with Crippen molar-refractivity contribution in [3.8, 4) is 0 Å². The van der Waals surface area contributed by atoms with Crippen LogP contribution >= 0.6 is 35.0 Å². The molecule has 124 valence electrons. The Bertz CT molecular complexity index is 448. The number of unbranched alkanes of at least 4 members (excludes halogenated alkanes) is 1. The summed E-state index contributed by atoms with van der Waals surface area (Å²) in [5.74, 6) is 1.76. The average Bonchev–Trinajstić information content (AvgIpc) is 2.50. The third kappa shape index (κ3) is 7.26. The van der Waals surface area contributed by atoms with Crippen LogP contribution in [0.2, 0.25) is 10.0 Å². The van der Waals surface area contributed by atoms with Crippen LogP contribution in [0.25, 0.3) is 0 Å². The Morgan fingerprint density at radius 1 is 1.27 bits per heavy atom. The fourth-order valence-electron chi connectivity index (χ4n) is 2.17. The molecular weight excluding hydrogens is 337 g/mol. The number of thioether (sulfide) groups is 1. The summed E-state index contributed by atoms with van der Waals surface area (Å²) in [5, 5.41) is 4.35. The molecular formula is C17H25Cl2NOS. The SMILES string of the molecule is CCCCC(CC)CNC(=O)CSCc1c(Cl)cccc1Cl. The van der Waals surface area contributed by atoms with Crippen LogP contribution < -0.4 is 5.32 Å². The van der Waals surface area contributed by atoms with Gasteiger partial charge in [-0.25, -0.2) is 0 Å². The molecule has 0 fully saturated rings. The minimum absolute atomic E-state index is 0.0862. The van der Waals surface area contributed by atoms with E-state index in [9.17, 15) is 4.79 Å². The average molecular weight is 362 g/mol. The van der Waals surface area contributed by atoms with Crippen molar-refractivity contribution in [1.82, 2.24) is 5.32 Å². The number of hydrogen-bond donors (Lipinski definition) is 1. The molecule has 0 spiro atoms. The molecule has 0 saturated heterocycles. The van der Waals surface area contributed by atoms with Gasteiger partial charge in [-0.15, -0.1) is 11.8 Å². The van der Waals surface area contributed by atoms with E-state index in [0.29, 0.717) is 27.5 Å². The van der Waals surface area contributed by atoms with Crippen molar-refractivity contribution in [3.05, 3.63) is 33.8 Å². The standard InChI is InChI=1S/C17H25Cl2NOS/c1-3-5-7-13(4-2)10-20-17(21)12-22-11-14-15(18)8-6-9-16(14)19/h6,8-9,13H,3-5,7,10-12H2,1-2H3,(H,20,21). The summed E-state index contributed by atoms with van der Waals surface area (Å²) in [6, 6.07) is 5.47. The molecule has 1 amide bonds. The molecule has 0 aliphatic heterocycles. The highest BCUT2D eigenvalue weighted by Gasteiger charge is 2.10. The maximum Gasteiger partial charge on any atom is 0.230 e. The molecule has 5 heteroatoms. The van der Waals surface area contributed by atoms with Crippen molar-refractivity contribution in [2.45, 2.75) is 45.3 Å². The summed E-state index contributed by atoms with van der Waals surface area (Å²) in [5.41, 5.74) is 0.901. The summed E-state index contributed by atoms with van der Waals surface area (Å²) >= 11 is 13.8. The molecule has 1 rings (SSSR count). The van der Waals surface area contributed by atoms with E-state index < -0.39 is 0 Å². The highest BCUT2D eigenvalue weighted by Crippen LogP contribution is 2.28. The zero-order chi connectivity index (χ0) is 16.4. The lowest BCUT2D eigenvalue weighted by Crippen LogP contribution is -2.30. The molecule has 1 atom stereocenters. The van der Waals surface area contributed by atoms with Gasteiger partial charge in [0.25, 0.3) is 0 Å². The molecule has 1 unspecified atom stereocenters. The van der Waals surface area contributed by atoms with Gasteiger partial charge in [0.05, 0.1) is 5.75 Å². The first-order chi connectivity index (χ1) is 10.6. The lowest BCUT2D eigenvalue weighted by atomic mass is 9.99. The molecule has 0 bridgehead atoms. The van der Waals surface area contributed by atoms with Crippen LogP contribution in [-0.4, -0.2) is 18.2 Å². The van der Waals surface area contributed by atoms with E-state index in [0.717, 1.165) is 18.5 Å². The van der Waals surface area contributed by atoms with E-state index in [-0.39, 0.29) is 5.91 Å². The van der Waals surface area contributed by atoms with Crippen molar-refractivity contribution in [2.75, 3.05) is 12.3 Å². The zero-order valence-electron chi connectivity index (χ0n) is 13.3. The molecule has 2 nitrogen and oxygen atoms in total. The molecule has 0 aromatic heterocycles. The molecule has 0 aliphatic carbocycles. The second-order valence-electron chi connectivity index (χ2n) is 5.41. The monoisotopic (exact) mass is 361 g/mol. The Morgan fingerprint density at radius 3 is 2.55 bits per heavy atom. The van der Waals surface area contributed by atoms with Gasteiger partial charge in [-0.05, 0) is 30.0 Å². The van der Waals surface area contributed by atoms with E-state index in [1.54, 1.807) is 0 Å². The Balaban J connectivity index is 2.28. The number of nitrogens with one attached hydrogen (secondary N) is 1. The summed E-state index contributed by atoms with van der Waals surface area (Å²) in [6.07, 6.45) is 4.74. The highest BCUT2D eigenvalue weighted by atomic mass is 35.5. The van der Waals surface area contributed by atoms with Crippen LogP contribution in [0, 0.1) is 5.92 Å². The molecule has 0 radical (unpaired) electrons. The van der Waals surface area contributed by atoms with Gasteiger partial charge in [0.15, 0.2) is 0 Å². The Labute approximate surface area is 148 Å². The summed E-state index contributed by atoms with van der Waals surface area (Å²) in [7, 11) is 0. The van der Waals surface area contributed by atoms with Gasteiger partial charge in [0.2, 0.25) is 5.91 Å². The predicted octanol–water partition coefficient (Wildman–Crippen LogP) is 5.56.